The summed E-state index contributed by atoms with van der Waals surface area (Å²) in [6.07, 6.45) is 4.19. The van der Waals surface area contributed by atoms with Crippen molar-refractivity contribution in [1.82, 2.24) is 20.1 Å². The molecule has 1 unspecified atom stereocenters. The minimum absolute atomic E-state index is 0.0532. The molecule has 3 heterocycles. The van der Waals surface area contributed by atoms with Crippen molar-refractivity contribution in [2.24, 2.45) is 0 Å². The summed E-state index contributed by atoms with van der Waals surface area (Å²) in [6.45, 7) is 1.27. The van der Waals surface area contributed by atoms with Crippen molar-refractivity contribution in [3.05, 3.63) is 36.7 Å². The average Bonchev–Trinajstić information content (AvgIpc) is 3.10. The standard InChI is InChI=1S/C16H18N4O3S/c1-22-14-2-3-15(19-18-14)23-12-6-9-20(10-12)16(21)11-24-13-4-7-17-8-5-13/h2-5,7-8,12H,6,9-11H2,1H3. The zero-order valence-corrected chi connectivity index (χ0v) is 14.1. The molecule has 0 spiro atoms. The van der Waals surface area contributed by atoms with Gasteiger partial charge in [0.15, 0.2) is 0 Å². The fraction of sp³-hybridized carbons (Fsp3) is 0.375. The molecule has 2 aromatic rings. The Labute approximate surface area is 144 Å². The summed E-state index contributed by atoms with van der Waals surface area (Å²) in [7, 11) is 1.54. The van der Waals surface area contributed by atoms with Gasteiger partial charge < -0.3 is 14.4 Å². The highest BCUT2D eigenvalue weighted by Crippen LogP contribution is 2.20. The summed E-state index contributed by atoms with van der Waals surface area (Å²) in [6, 6.07) is 7.22. The lowest BCUT2D eigenvalue weighted by molar-refractivity contribution is -0.127. The SMILES string of the molecule is COc1ccc(OC2CCN(C(=O)CSc3ccncc3)C2)nn1. The molecule has 1 atom stereocenters. The molecule has 1 aliphatic rings. The van der Waals surface area contributed by atoms with Crippen LogP contribution in [0.4, 0.5) is 0 Å². The lowest BCUT2D eigenvalue weighted by Gasteiger charge is -2.16. The van der Waals surface area contributed by atoms with E-state index in [1.807, 2.05) is 17.0 Å². The van der Waals surface area contributed by atoms with E-state index in [2.05, 4.69) is 15.2 Å². The number of likely N-dealkylation sites (tertiary alicyclic amines) is 1. The Bertz CT molecular complexity index is 669. The molecule has 1 aliphatic heterocycles. The number of pyridine rings is 1. The van der Waals surface area contributed by atoms with E-state index >= 15 is 0 Å². The smallest absolute Gasteiger partial charge is 0.233 e. The highest BCUT2D eigenvalue weighted by molar-refractivity contribution is 8.00. The zero-order chi connectivity index (χ0) is 16.8. The van der Waals surface area contributed by atoms with Crippen LogP contribution in [-0.2, 0) is 4.79 Å². The topological polar surface area (TPSA) is 77.4 Å². The Hall–Kier alpha value is -2.35. The van der Waals surface area contributed by atoms with Gasteiger partial charge >= 0.3 is 0 Å². The van der Waals surface area contributed by atoms with E-state index < -0.39 is 0 Å². The van der Waals surface area contributed by atoms with Crippen LogP contribution in [0.3, 0.4) is 0 Å². The lowest BCUT2D eigenvalue weighted by atomic mass is 10.3. The molecule has 0 N–H and O–H groups in total. The Balaban J connectivity index is 1.46. The first kappa shape index (κ1) is 16.5. The molecule has 3 rings (SSSR count). The van der Waals surface area contributed by atoms with E-state index in [1.54, 1.807) is 24.5 Å². The van der Waals surface area contributed by atoms with Gasteiger partial charge in [0.05, 0.1) is 19.4 Å². The number of carbonyl (C=O) groups excluding carboxylic acids is 1. The molecule has 1 amide bonds. The van der Waals surface area contributed by atoms with Gasteiger partial charge in [-0.05, 0) is 12.1 Å². The number of hydrogen-bond acceptors (Lipinski definition) is 7. The third-order valence-electron chi connectivity index (χ3n) is 3.62. The van der Waals surface area contributed by atoms with Crippen molar-refractivity contribution in [1.29, 1.82) is 0 Å². The number of hydrogen-bond donors (Lipinski definition) is 0. The summed E-state index contributed by atoms with van der Waals surface area (Å²) in [5.41, 5.74) is 0. The van der Waals surface area contributed by atoms with Crippen molar-refractivity contribution in [2.45, 2.75) is 17.4 Å². The maximum Gasteiger partial charge on any atom is 0.233 e. The van der Waals surface area contributed by atoms with Gasteiger partial charge in [-0.25, -0.2) is 0 Å². The van der Waals surface area contributed by atoms with Gasteiger partial charge in [-0.1, -0.05) is 0 Å². The molecule has 1 saturated heterocycles. The number of rotatable bonds is 6. The molecule has 1 fully saturated rings. The molecule has 24 heavy (non-hydrogen) atoms. The highest BCUT2D eigenvalue weighted by atomic mass is 32.2. The maximum absolute atomic E-state index is 12.3. The zero-order valence-electron chi connectivity index (χ0n) is 13.3. The summed E-state index contributed by atoms with van der Waals surface area (Å²) in [4.78, 5) is 19.1. The molecular weight excluding hydrogens is 328 g/mol. The lowest BCUT2D eigenvalue weighted by Crippen LogP contribution is -2.32. The van der Waals surface area contributed by atoms with Gasteiger partial charge in [-0.2, -0.15) is 0 Å². The van der Waals surface area contributed by atoms with E-state index in [4.69, 9.17) is 9.47 Å². The van der Waals surface area contributed by atoms with Crippen molar-refractivity contribution >= 4 is 17.7 Å². The monoisotopic (exact) mass is 346 g/mol. The van der Waals surface area contributed by atoms with Crippen LogP contribution in [0.5, 0.6) is 11.8 Å². The summed E-state index contributed by atoms with van der Waals surface area (Å²) in [5.74, 6) is 1.42. The number of amides is 1. The molecule has 2 aromatic heterocycles. The largest absolute Gasteiger partial charge is 0.480 e. The van der Waals surface area contributed by atoms with Gasteiger partial charge in [0.25, 0.3) is 0 Å². The minimum atomic E-state index is -0.0532. The fourth-order valence-corrected chi connectivity index (χ4v) is 3.16. The first-order valence-electron chi connectivity index (χ1n) is 7.59. The van der Waals surface area contributed by atoms with Gasteiger partial charge in [0.1, 0.15) is 6.10 Å². The van der Waals surface area contributed by atoms with E-state index in [9.17, 15) is 4.79 Å². The molecule has 0 aliphatic carbocycles. The Morgan fingerprint density at radius 2 is 2.00 bits per heavy atom. The van der Waals surface area contributed by atoms with E-state index in [1.165, 1.54) is 18.9 Å². The van der Waals surface area contributed by atoms with Gasteiger partial charge in [0, 0.05) is 42.4 Å². The predicted octanol–water partition coefficient (Wildman–Crippen LogP) is 1.65. The second-order valence-electron chi connectivity index (χ2n) is 5.25. The minimum Gasteiger partial charge on any atom is -0.480 e. The molecule has 0 aromatic carbocycles. The molecule has 0 bridgehead atoms. The van der Waals surface area contributed by atoms with Crippen molar-refractivity contribution in [3.8, 4) is 11.8 Å². The van der Waals surface area contributed by atoms with Gasteiger partial charge in [-0.15, -0.1) is 22.0 Å². The normalized spacial score (nSPS) is 16.9. The number of thioether (sulfide) groups is 1. The molecule has 7 nitrogen and oxygen atoms in total. The van der Waals surface area contributed by atoms with E-state index in [0.717, 1.165) is 11.3 Å². The maximum atomic E-state index is 12.3. The Morgan fingerprint density at radius 3 is 2.71 bits per heavy atom. The number of ether oxygens (including phenoxy) is 2. The molecular formula is C16H18N4O3S. The van der Waals surface area contributed by atoms with E-state index in [0.29, 0.717) is 30.6 Å². The third-order valence-corrected chi connectivity index (χ3v) is 4.62. The second kappa shape index (κ2) is 7.96. The first-order valence-corrected chi connectivity index (χ1v) is 8.58. The predicted molar refractivity (Wildman–Crippen MR) is 89.2 cm³/mol. The number of carbonyl (C=O) groups is 1. The summed E-state index contributed by atoms with van der Waals surface area (Å²) >= 11 is 1.52. The number of methoxy groups -OCH3 is 1. The van der Waals surface area contributed by atoms with Crippen LogP contribution in [0.25, 0.3) is 0 Å². The van der Waals surface area contributed by atoms with Crippen LogP contribution in [-0.4, -0.2) is 58.0 Å². The van der Waals surface area contributed by atoms with Gasteiger partial charge in [0.2, 0.25) is 17.7 Å². The summed E-state index contributed by atoms with van der Waals surface area (Å²) in [5, 5.41) is 7.82. The van der Waals surface area contributed by atoms with Crippen LogP contribution < -0.4 is 9.47 Å². The fourth-order valence-electron chi connectivity index (χ4n) is 2.37. The van der Waals surface area contributed by atoms with Crippen LogP contribution >= 0.6 is 11.8 Å². The van der Waals surface area contributed by atoms with E-state index in [-0.39, 0.29) is 12.0 Å². The number of nitrogens with zero attached hydrogens (tertiary/aromatic N) is 4. The number of aromatic nitrogens is 3. The Kier molecular flexibility index (Phi) is 5.47. The Morgan fingerprint density at radius 1 is 1.25 bits per heavy atom. The van der Waals surface area contributed by atoms with Crippen LogP contribution in [0.1, 0.15) is 6.42 Å². The van der Waals surface area contributed by atoms with Crippen LogP contribution in [0, 0.1) is 0 Å². The molecule has 0 radical (unpaired) electrons. The van der Waals surface area contributed by atoms with Crippen molar-refractivity contribution < 1.29 is 14.3 Å². The third kappa shape index (κ3) is 4.35. The van der Waals surface area contributed by atoms with Crippen molar-refractivity contribution in [3.63, 3.8) is 0 Å². The van der Waals surface area contributed by atoms with Gasteiger partial charge in [-0.3, -0.25) is 9.78 Å². The van der Waals surface area contributed by atoms with Crippen LogP contribution in [0.15, 0.2) is 41.6 Å². The molecule has 126 valence electrons. The molecule has 8 heteroatoms. The summed E-state index contributed by atoms with van der Waals surface area (Å²) < 4.78 is 10.7. The van der Waals surface area contributed by atoms with Crippen LogP contribution in [0.2, 0.25) is 0 Å². The molecule has 0 saturated carbocycles. The van der Waals surface area contributed by atoms with Crippen molar-refractivity contribution in [2.75, 3.05) is 26.0 Å². The quantitative estimate of drug-likeness (QED) is 0.736. The first-order chi connectivity index (χ1) is 11.7. The second-order valence-corrected chi connectivity index (χ2v) is 6.30. The highest BCUT2D eigenvalue weighted by Gasteiger charge is 2.27. The average molecular weight is 346 g/mol.